The van der Waals surface area contributed by atoms with Crippen molar-refractivity contribution in [1.29, 1.82) is 0 Å². The number of benzene rings is 2. The van der Waals surface area contributed by atoms with Crippen LogP contribution in [-0.4, -0.2) is 14.2 Å². The van der Waals surface area contributed by atoms with Crippen LogP contribution in [0.15, 0.2) is 48.5 Å². The van der Waals surface area contributed by atoms with Gasteiger partial charge in [0, 0.05) is 5.41 Å². The first-order valence-electron chi connectivity index (χ1n) is 7.78. The van der Waals surface area contributed by atoms with E-state index in [-0.39, 0.29) is 5.41 Å². The van der Waals surface area contributed by atoms with Crippen LogP contribution in [0.4, 0.5) is 0 Å². The molecule has 2 aromatic carbocycles. The summed E-state index contributed by atoms with van der Waals surface area (Å²) in [5.74, 6) is 1.77. The molecule has 0 saturated carbocycles. The number of ether oxygens (including phenoxy) is 2. The van der Waals surface area contributed by atoms with Crippen LogP contribution < -0.4 is 9.47 Å². The van der Waals surface area contributed by atoms with E-state index in [1.807, 2.05) is 24.3 Å². The van der Waals surface area contributed by atoms with Crippen LogP contribution >= 0.6 is 0 Å². The van der Waals surface area contributed by atoms with Crippen LogP contribution in [0, 0.1) is 0 Å². The van der Waals surface area contributed by atoms with E-state index < -0.39 is 0 Å². The van der Waals surface area contributed by atoms with Crippen molar-refractivity contribution < 1.29 is 9.47 Å². The zero-order valence-electron chi connectivity index (χ0n) is 14.6. The van der Waals surface area contributed by atoms with Crippen LogP contribution in [0.1, 0.15) is 45.2 Å². The molecule has 0 atom stereocenters. The quantitative estimate of drug-likeness (QED) is 0.748. The Morgan fingerprint density at radius 2 is 0.955 bits per heavy atom. The van der Waals surface area contributed by atoms with Gasteiger partial charge in [0.15, 0.2) is 0 Å². The number of methoxy groups -OCH3 is 2. The van der Waals surface area contributed by atoms with Gasteiger partial charge in [-0.2, -0.15) is 0 Å². The molecule has 0 fully saturated rings. The van der Waals surface area contributed by atoms with Crippen molar-refractivity contribution in [2.45, 2.75) is 39.5 Å². The van der Waals surface area contributed by atoms with Gasteiger partial charge in [-0.3, -0.25) is 0 Å². The van der Waals surface area contributed by atoms with Gasteiger partial charge >= 0.3 is 0 Å². The molecule has 0 aliphatic heterocycles. The normalized spacial score (nSPS) is 10.5. The van der Waals surface area contributed by atoms with Crippen LogP contribution in [0.3, 0.4) is 0 Å². The van der Waals surface area contributed by atoms with Gasteiger partial charge in [-0.1, -0.05) is 58.4 Å². The molecule has 2 nitrogen and oxygen atoms in total. The fraction of sp³-hybridized carbons (Fsp3) is 0.400. The summed E-state index contributed by atoms with van der Waals surface area (Å²) in [6.45, 7) is 8.69. The Morgan fingerprint density at radius 3 is 1.18 bits per heavy atom. The minimum Gasteiger partial charge on any atom is -0.497 e. The molecule has 0 spiro atoms. The summed E-state index contributed by atoms with van der Waals surface area (Å²) in [5.41, 5.74) is 2.48. The van der Waals surface area contributed by atoms with Gasteiger partial charge < -0.3 is 9.47 Å². The minimum atomic E-state index is -0.0431. The first-order valence-corrected chi connectivity index (χ1v) is 7.78. The maximum absolute atomic E-state index is 5.20. The summed E-state index contributed by atoms with van der Waals surface area (Å²) in [5, 5.41) is 0. The summed E-state index contributed by atoms with van der Waals surface area (Å²) in [4.78, 5) is 0. The second kappa shape index (κ2) is 8.47. The van der Waals surface area contributed by atoms with Gasteiger partial charge in [0.2, 0.25) is 0 Å². The molecule has 0 aromatic heterocycles. The average Bonchev–Trinajstić information content (AvgIpc) is 2.55. The fourth-order valence-corrected chi connectivity index (χ4v) is 2.18. The average molecular weight is 300 g/mol. The monoisotopic (exact) mass is 300 g/mol. The lowest BCUT2D eigenvalue weighted by Gasteiger charge is -2.26. The van der Waals surface area contributed by atoms with E-state index in [0.29, 0.717) is 0 Å². The molecule has 0 N–H and O–H groups in total. The summed E-state index contributed by atoms with van der Waals surface area (Å²) in [7, 11) is 3.37. The van der Waals surface area contributed by atoms with Crippen LogP contribution in [-0.2, 0) is 5.41 Å². The largest absolute Gasteiger partial charge is 0.497 e. The van der Waals surface area contributed by atoms with Gasteiger partial charge in [0.05, 0.1) is 14.2 Å². The molecule has 0 radical (unpaired) electrons. The summed E-state index contributed by atoms with van der Waals surface area (Å²) in [6.07, 6.45) is 1.25. The highest BCUT2D eigenvalue weighted by Gasteiger charge is 2.22. The lowest BCUT2D eigenvalue weighted by atomic mass is 9.78. The molecular formula is C20H28O2. The first kappa shape index (κ1) is 18.1. The Labute approximate surface area is 135 Å². The molecule has 0 bridgehead atoms. The fourth-order valence-electron chi connectivity index (χ4n) is 2.18. The molecule has 2 rings (SSSR count). The Balaban J connectivity index is 0.000000745. The van der Waals surface area contributed by atoms with E-state index in [0.717, 1.165) is 11.5 Å². The summed E-state index contributed by atoms with van der Waals surface area (Å²) < 4.78 is 10.4. The maximum atomic E-state index is 5.20. The van der Waals surface area contributed by atoms with Gasteiger partial charge in [-0.15, -0.1) is 0 Å². The molecule has 0 heterocycles. The van der Waals surface area contributed by atoms with Gasteiger partial charge in [-0.05, 0) is 35.4 Å². The lowest BCUT2D eigenvalue weighted by Crippen LogP contribution is -2.18. The number of rotatable bonds is 4. The summed E-state index contributed by atoms with van der Waals surface area (Å²) >= 11 is 0. The van der Waals surface area contributed by atoms with Gasteiger partial charge in [0.1, 0.15) is 11.5 Å². The van der Waals surface area contributed by atoms with Crippen molar-refractivity contribution >= 4 is 0 Å². The van der Waals surface area contributed by atoms with E-state index in [1.165, 1.54) is 17.5 Å². The molecule has 22 heavy (non-hydrogen) atoms. The highest BCUT2D eigenvalue weighted by Crippen LogP contribution is 2.33. The van der Waals surface area contributed by atoms with Crippen LogP contribution in [0.2, 0.25) is 0 Å². The predicted molar refractivity (Wildman–Crippen MR) is 94.1 cm³/mol. The van der Waals surface area contributed by atoms with E-state index in [1.54, 1.807) is 14.2 Å². The van der Waals surface area contributed by atoms with Crippen molar-refractivity contribution in [2.24, 2.45) is 0 Å². The van der Waals surface area contributed by atoms with E-state index in [4.69, 9.17) is 9.47 Å². The standard InChI is InChI=1S/C17H20O2.C3H8/c1-17(2,13-5-9-15(18-3)10-6-13)14-7-11-16(19-4)12-8-14;1-3-2/h5-12H,1-4H3;3H2,1-2H3. The van der Waals surface area contributed by atoms with Crippen LogP contribution in [0.25, 0.3) is 0 Å². The van der Waals surface area contributed by atoms with Crippen LogP contribution in [0.5, 0.6) is 11.5 Å². The Bertz CT molecular complexity index is 489. The van der Waals surface area contributed by atoms with Crippen molar-refractivity contribution in [2.75, 3.05) is 14.2 Å². The second-order valence-electron chi connectivity index (χ2n) is 5.79. The molecule has 0 aliphatic carbocycles. The minimum absolute atomic E-state index is 0.0431. The number of hydrogen-bond donors (Lipinski definition) is 0. The van der Waals surface area contributed by atoms with E-state index in [2.05, 4.69) is 52.0 Å². The molecular weight excluding hydrogens is 272 g/mol. The zero-order chi connectivity index (χ0) is 16.6. The third kappa shape index (κ3) is 4.52. The molecule has 0 saturated heterocycles. The van der Waals surface area contributed by atoms with Gasteiger partial charge in [0.25, 0.3) is 0 Å². The zero-order valence-corrected chi connectivity index (χ0v) is 14.6. The molecule has 0 unspecified atom stereocenters. The SMILES string of the molecule is CCC.COc1ccc(C(C)(C)c2ccc(OC)cc2)cc1. The summed E-state index contributed by atoms with van der Waals surface area (Å²) in [6, 6.07) is 16.5. The van der Waals surface area contributed by atoms with Crippen molar-refractivity contribution in [3.63, 3.8) is 0 Å². The molecule has 2 heteroatoms. The smallest absolute Gasteiger partial charge is 0.118 e. The Kier molecular flexibility index (Phi) is 6.97. The number of hydrogen-bond acceptors (Lipinski definition) is 2. The Hall–Kier alpha value is -1.96. The molecule has 120 valence electrons. The van der Waals surface area contributed by atoms with E-state index in [9.17, 15) is 0 Å². The second-order valence-corrected chi connectivity index (χ2v) is 5.79. The topological polar surface area (TPSA) is 18.5 Å². The molecule has 0 aliphatic rings. The third-order valence-electron chi connectivity index (χ3n) is 3.62. The first-order chi connectivity index (χ1) is 10.5. The van der Waals surface area contributed by atoms with E-state index >= 15 is 0 Å². The lowest BCUT2D eigenvalue weighted by molar-refractivity contribution is 0.414. The van der Waals surface area contributed by atoms with Gasteiger partial charge in [-0.25, -0.2) is 0 Å². The predicted octanol–water partition coefficient (Wildman–Crippen LogP) is 5.45. The highest BCUT2D eigenvalue weighted by atomic mass is 16.5. The molecule has 0 amide bonds. The maximum Gasteiger partial charge on any atom is 0.118 e. The third-order valence-corrected chi connectivity index (χ3v) is 3.62. The van der Waals surface area contributed by atoms with Crippen molar-refractivity contribution in [3.05, 3.63) is 59.7 Å². The van der Waals surface area contributed by atoms with Crippen molar-refractivity contribution in [3.8, 4) is 11.5 Å². The highest BCUT2D eigenvalue weighted by molar-refractivity contribution is 5.41. The Morgan fingerprint density at radius 1 is 0.682 bits per heavy atom. The van der Waals surface area contributed by atoms with Crippen molar-refractivity contribution in [1.82, 2.24) is 0 Å². The molecule has 2 aromatic rings.